The van der Waals surface area contributed by atoms with Gasteiger partial charge < -0.3 is 10.3 Å². The van der Waals surface area contributed by atoms with Crippen molar-refractivity contribution < 1.29 is 4.79 Å². The molecule has 0 saturated heterocycles. The molecular weight excluding hydrogens is 292 g/mol. The van der Waals surface area contributed by atoms with Gasteiger partial charge in [0.25, 0.3) is 11.5 Å². The predicted molar refractivity (Wildman–Crippen MR) is 80.7 cm³/mol. The third-order valence-electron chi connectivity index (χ3n) is 3.05. The Morgan fingerprint density at radius 2 is 2.19 bits per heavy atom. The van der Waals surface area contributed by atoms with Gasteiger partial charge in [0.15, 0.2) is 0 Å². The van der Waals surface area contributed by atoms with Crippen LogP contribution in [0.1, 0.15) is 28.7 Å². The maximum atomic E-state index is 12.1. The summed E-state index contributed by atoms with van der Waals surface area (Å²) in [6.45, 7) is 6.36. The molecule has 0 aliphatic rings. The van der Waals surface area contributed by atoms with E-state index in [2.05, 4.69) is 15.4 Å². The van der Waals surface area contributed by atoms with Crippen molar-refractivity contribution in [1.29, 1.82) is 0 Å². The van der Waals surface area contributed by atoms with Gasteiger partial charge in [-0.3, -0.25) is 14.3 Å². The zero-order chi connectivity index (χ0) is 15.6. The topological polar surface area (TPSA) is 79.8 Å². The lowest BCUT2D eigenvalue weighted by Gasteiger charge is -2.15. The van der Waals surface area contributed by atoms with E-state index in [-0.39, 0.29) is 17.0 Å². The molecule has 0 aromatic carbocycles. The van der Waals surface area contributed by atoms with Crippen molar-refractivity contribution in [2.75, 3.05) is 0 Å². The molecule has 1 atom stereocenters. The van der Waals surface area contributed by atoms with E-state index in [1.54, 1.807) is 0 Å². The minimum absolute atomic E-state index is 0.00570. The first-order valence-corrected chi connectivity index (χ1v) is 6.94. The molecule has 2 heterocycles. The molecule has 0 unspecified atom stereocenters. The third kappa shape index (κ3) is 3.72. The van der Waals surface area contributed by atoms with E-state index in [1.165, 1.54) is 12.3 Å². The van der Waals surface area contributed by atoms with Crippen LogP contribution in [0, 0.1) is 13.8 Å². The minimum Gasteiger partial charge on any atom is -0.348 e. The number of hydrogen-bond donors (Lipinski definition) is 2. The van der Waals surface area contributed by atoms with E-state index < -0.39 is 5.56 Å². The largest absolute Gasteiger partial charge is 0.348 e. The van der Waals surface area contributed by atoms with Crippen molar-refractivity contribution >= 4 is 17.5 Å². The third-order valence-corrected chi connectivity index (χ3v) is 3.33. The SMILES string of the molecule is Cc1cc(C)n(C[C@H](C)NC(=O)c2c[nH]c(=O)c(Cl)c2)n1. The normalized spacial score (nSPS) is 12.2. The van der Waals surface area contributed by atoms with Crippen LogP contribution < -0.4 is 10.9 Å². The summed E-state index contributed by atoms with van der Waals surface area (Å²) in [4.78, 5) is 25.7. The van der Waals surface area contributed by atoms with Crippen LogP contribution in [0.25, 0.3) is 0 Å². The summed E-state index contributed by atoms with van der Waals surface area (Å²) >= 11 is 5.71. The van der Waals surface area contributed by atoms with Crippen LogP contribution in [0.2, 0.25) is 5.02 Å². The summed E-state index contributed by atoms with van der Waals surface area (Å²) in [5, 5.41) is 7.19. The highest BCUT2D eigenvalue weighted by Gasteiger charge is 2.13. The van der Waals surface area contributed by atoms with E-state index >= 15 is 0 Å². The van der Waals surface area contributed by atoms with E-state index in [0.29, 0.717) is 12.1 Å². The number of amides is 1. The van der Waals surface area contributed by atoms with Crippen LogP contribution in [0.5, 0.6) is 0 Å². The number of pyridine rings is 1. The number of nitrogens with zero attached hydrogens (tertiary/aromatic N) is 2. The quantitative estimate of drug-likeness (QED) is 0.901. The van der Waals surface area contributed by atoms with Crippen molar-refractivity contribution in [3.05, 3.63) is 50.7 Å². The molecule has 7 heteroatoms. The van der Waals surface area contributed by atoms with Crippen LogP contribution in [0.4, 0.5) is 0 Å². The van der Waals surface area contributed by atoms with Crippen LogP contribution in [0.15, 0.2) is 23.1 Å². The summed E-state index contributed by atoms with van der Waals surface area (Å²) in [5.41, 5.74) is 1.89. The summed E-state index contributed by atoms with van der Waals surface area (Å²) < 4.78 is 1.85. The van der Waals surface area contributed by atoms with Gasteiger partial charge in [-0.25, -0.2) is 0 Å². The first-order chi connectivity index (χ1) is 9.86. The lowest BCUT2D eigenvalue weighted by atomic mass is 10.2. The first kappa shape index (κ1) is 15.3. The van der Waals surface area contributed by atoms with E-state index in [4.69, 9.17) is 11.6 Å². The highest BCUT2D eigenvalue weighted by molar-refractivity contribution is 6.30. The van der Waals surface area contributed by atoms with Gasteiger partial charge in [0, 0.05) is 17.9 Å². The fourth-order valence-corrected chi connectivity index (χ4v) is 2.23. The van der Waals surface area contributed by atoms with Gasteiger partial charge >= 0.3 is 0 Å². The lowest BCUT2D eigenvalue weighted by Crippen LogP contribution is -2.36. The van der Waals surface area contributed by atoms with Gasteiger partial charge in [0.2, 0.25) is 0 Å². The molecule has 0 aliphatic heterocycles. The Balaban J connectivity index is 2.03. The molecule has 112 valence electrons. The maximum Gasteiger partial charge on any atom is 0.266 e. The molecule has 0 saturated carbocycles. The number of carbonyl (C=O) groups excluding carboxylic acids is 1. The molecule has 6 nitrogen and oxygen atoms in total. The van der Waals surface area contributed by atoms with E-state index in [9.17, 15) is 9.59 Å². The Morgan fingerprint density at radius 1 is 1.48 bits per heavy atom. The van der Waals surface area contributed by atoms with Gasteiger partial charge in [-0.05, 0) is 32.9 Å². The van der Waals surface area contributed by atoms with Gasteiger partial charge in [0.1, 0.15) is 5.02 Å². The monoisotopic (exact) mass is 308 g/mol. The number of aryl methyl sites for hydroxylation is 2. The molecule has 0 bridgehead atoms. The Bertz CT molecular complexity index is 720. The van der Waals surface area contributed by atoms with Crippen LogP contribution in [-0.2, 0) is 6.54 Å². The molecule has 21 heavy (non-hydrogen) atoms. The lowest BCUT2D eigenvalue weighted by molar-refractivity contribution is 0.0935. The Hall–Kier alpha value is -2.08. The van der Waals surface area contributed by atoms with E-state index in [0.717, 1.165) is 11.4 Å². The molecule has 2 N–H and O–H groups in total. The van der Waals surface area contributed by atoms with Crippen LogP contribution >= 0.6 is 11.6 Å². The summed E-state index contributed by atoms with van der Waals surface area (Å²) in [5.74, 6) is -0.290. The van der Waals surface area contributed by atoms with Crippen molar-refractivity contribution in [2.24, 2.45) is 0 Å². The molecule has 2 rings (SSSR count). The molecule has 0 fully saturated rings. The highest BCUT2D eigenvalue weighted by Crippen LogP contribution is 2.06. The molecular formula is C14H17ClN4O2. The van der Waals surface area contributed by atoms with Crippen molar-refractivity contribution in [1.82, 2.24) is 20.1 Å². The van der Waals surface area contributed by atoms with E-state index in [1.807, 2.05) is 31.5 Å². The average molecular weight is 309 g/mol. The maximum absolute atomic E-state index is 12.1. The summed E-state index contributed by atoms with van der Waals surface area (Å²) in [6, 6.07) is 3.23. The second-order valence-corrected chi connectivity index (χ2v) is 5.46. The van der Waals surface area contributed by atoms with Crippen LogP contribution in [0.3, 0.4) is 0 Å². The van der Waals surface area contributed by atoms with Crippen molar-refractivity contribution in [3.8, 4) is 0 Å². The predicted octanol–water partition coefficient (Wildman–Crippen LogP) is 1.66. The Kier molecular flexibility index (Phi) is 4.47. The number of aromatic nitrogens is 3. The number of nitrogens with one attached hydrogen (secondary N) is 2. The number of aromatic amines is 1. The molecule has 2 aromatic rings. The average Bonchev–Trinajstić information content (AvgIpc) is 2.70. The Labute approximate surface area is 127 Å². The van der Waals surface area contributed by atoms with Crippen molar-refractivity contribution in [3.63, 3.8) is 0 Å². The van der Waals surface area contributed by atoms with Gasteiger partial charge in [-0.2, -0.15) is 5.10 Å². The number of rotatable bonds is 4. The highest BCUT2D eigenvalue weighted by atomic mass is 35.5. The molecule has 1 amide bonds. The second kappa shape index (κ2) is 6.13. The zero-order valence-electron chi connectivity index (χ0n) is 12.1. The Morgan fingerprint density at radius 3 is 2.76 bits per heavy atom. The number of carbonyl (C=O) groups is 1. The number of halogens is 1. The molecule has 0 spiro atoms. The number of H-pyrrole nitrogens is 1. The molecule has 0 radical (unpaired) electrons. The molecule has 2 aromatic heterocycles. The summed E-state index contributed by atoms with van der Waals surface area (Å²) in [6.07, 6.45) is 1.35. The van der Waals surface area contributed by atoms with Crippen LogP contribution in [-0.4, -0.2) is 26.7 Å². The van der Waals surface area contributed by atoms with Crippen molar-refractivity contribution in [2.45, 2.75) is 33.4 Å². The van der Waals surface area contributed by atoms with Gasteiger partial charge in [-0.15, -0.1) is 0 Å². The fourth-order valence-electron chi connectivity index (χ4n) is 2.06. The standard InChI is InChI=1S/C14H17ClN4O2/c1-8-4-10(3)19(18-8)7-9(2)17-13(20)11-5-12(15)14(21)16-6-11/h4-6,9H,7H2,1-3H3,(H,16,21)(H,17,20)/t9-/m0/s1. The smallest absolute Gasteiger partial charge is 0.266 e. The van der Waals surface area contributed by atoms with Gasteiger partial charge in [0.05, 0.1) is 17.8 Å². The first-order valence-electron chi connectivity index (χ1n) is 6.57. The fraction of sp³-hybridized carbons (Fsp3) is 0.357. The zero-order valence-corrected chi connectivity index (χ0v) is 12.9. The molecule has 0 aliphatic carbocycles. The minimum atomic E-state index is -0.413. The second-order valence-electron chi connectivity index (χ2n) is 5.05. The number of hydrogen-bond acceptors (Lipinski definition) is 3. The summed E-state index contributed by atoms with van der Waals surface area (Å²) in [7, 11) is 0. The van der Waals surface area contributed by atoms with Gasteiger partial charge in [-0.1, -0.05) is 11.6 Å².